The zero-order valence-corrected chi connectivity index (χ0v) is 25.4. The van der Waals surface area contributed by atoms with Gasteiger partial charge in [0.05, 0.1) is 19.0 Å². The number of aromatic nitrogens is 4. The summed E-state index contributed by atoms with van der Waals surface area (Å²) >= 11 is 6.10. The summed E-state index contributed by atoms with van der Waals surface area (Å²) in [6.45, 7) is 17.5. The molecule has 0 radical (unpaired) electrons. The van der Waals surface area contributed by atoms with Gasteiger partial charge < -0.3 is 23.4 Å². The van der Waals surface area contributed by atoms with Crippen molar-refractivity contribution in [2.24, 2.45) is 5.11 Å². The van der Waals surface area contributed by atoms with Gasteiger partial charge >= 0.3 is 17.1 Å². The lowest BCUT2D eigenvalue weighted by Gasteiger charge is -2.51. The van der Waals surface area contributed by atoms with Crippen LogP contribution in [-0.2, 0) is 17.7 Å². The molecule has 0 aliphatic carbocycles. The third-order valence-corrected chi connectivity index (χ3v) is 17.9. The Labute approximate surface area is 224 Å². The largest absolute Gasteiger partial charge is 0.414 e. The van der Waals surface area contributed by atoms with Gasteiger partial charge in [0.2, 0.25) is 5.28 Å². The minimum Gasteiger partial charge on any atom is -0.414 e. The van der Waals surface area contributed by atoms with E-state index in [-0.39, 0.29) is 39.9 Å². The highest BCUT2D eigenvalue weighted by atomic mass is 35.5. The van der Waals surface area contributed by atoms with Crippen molar-refractivity contribution in [3.8, 4) is 0 Å². The number of halogens is 1. The summed E-state index contributed by atoms with van der Waals surface area (Å²) in [5.41, 5.74) is 17.0. The van der Waals surface area contributed by atoms with Gasteiger partial charge in [0, 0.05) is 4.91 Å². The molecule has 0 amide bonds. The van der Waals surface area contributed by atoms with E-state index in [1.165, 1.54) is 0 Å². The van der Waals surface area contributed by atoms with E-state index in [9.17, 15) is 5.53 Å². The molecule has 15 heteroatoms. The van der Waals surface area contributed by atoms with E-state index in [4.69, 9.17) is 35.0 Å². The standard InChI is InChI=1S/C22H37ClN8O4Si2/c1-11(2)36(12(3)4)32-9-15-18(34-37(35-36,13(5)6)14(7)8)16(29-30-25)21(33-15)31-10-26-17-19(24)27-22(23)28-20(17)31/h10-16,18,21H,9H2,1-8H3,(H2,24,27,28)/t15?,16?,18-,21-/m1/s1. The van der Waals surface area contributed by atoms with E-state index >= 15 is 0 Å². The maximum Gasteiger partial charge on any atom is 0.335 e. The average molecular weight is 569 g/mol. The van der Waals surface area contributed by atoms with E-state index in [0.717, 1.165) is 0 Å². The Morgan fingerprint density at radius 3 is 2.27 bits per heavy atom. The predicted molar refractivity (Wildman–Crippen MR) is 145 cm³/mol. The van der Waals surface area contributed by atoms with Crippen LogP contribution >= 0.6 is 11.6 Å². The second kappa shape index (κ2) is 10.4. The number of hydrogen-bond donors (Lipinski definition) is 1. The topological polar surface area (TPSA) is 155 Å². The molecule has 12 nitrogen and oxygen atoms in total. The van der Waals surface area contributed by atoms with Crippen molar-refractivity contribution in [1.82, 2.24) is 19.5 Å². The number of nitrogens with zero attached hydrogens (tertiary/aromatic N) is 7. The first-order valence-corrected chi connectivity index (χ1v) is 17.1. The molecule has 37 heavy (non-hydrogen) atoms. The van der Waals surface area contributed by atoms with Crippen molar-refractivity contribution in [3.63, 3.8) is 0 Å². The summed E-state index contributed by atoms with van der Waals surface area (Å²) in [6.07, 6.45) is -0.298. The number of azide groups is 1. The molecule has 4 heterocycles. The third kappa shape index (κ3) is 4.67. The van der Waals surface area contributed by atoms with Crippen LogP contribution in [-0.4, -0.2) is 61.5 Å². The number of ether oxygens (including phenoxy) is 1. The molecule has 0 saturated carbocycles. The van der Waals surface area contributed by atoms with Crippen LogP contribution in [0.15, 0.2) is 11.4 Å². The van der Waals surface area contributed by atoms with Crippen LogP contribution in [0.25, 0.3) is 21.6 Å². The van der Waals surface area contributed by atoms with Crippen LogP contribution in [0.5, 0.6) is 0 Å². The van der Waals surface area contributed by atoms with Crippen LogP contribution in [0.4, 0.5) is 5.82 Å². The normalized spacial score (nSPS) is 27.5. The molecule has 2 N–H and O–H groups in total. The van der Waals surface area contributed by atoms with Crippen molar-refractivity contribution in [2.45, 2.75) is 102 Å². The van der Waals surface area contributed by atoms with Gasteiger partial charge in [-0.1, -0.05) is 60.5 Å². The van der Waals surface area contributed by atoms with Gasteiger partial charge in [0.25, 0.3) is 0 Å². The molecule has 2 unspecified atom stereocenters. The molecule has 2 aromatic rings. The average Bonchev–Trinajstić information content (AvgIpc) is 3.34. The van der Waals surface area contributed by atoms with Crippen LogP contribution < -0.4 is 5.73 Å². The van der Waals surface area contributed by atoms with E-state index in [1.54, 1.807) is 10.9 Å². The summed E-state index contributed by atoms with van der Waals surface area (Å²) in [5, 5.41) is 4.14. The Kier molecular flexibility index (Phi) is 7.95. The Bertz CT molecular complexity index is 1170. The lowest BCUT2D eigenvalue weighted by Crippen LogP contribution is -2.65. The SMILES string of the molecule is CC(C)[Si]1(C(C)C)OCC2O[C@@H](n3cnc4c(N)nc(Cl)nc43)C(N=[N+]=[N-])[C@@H]2O[Si](C(C)C)(C(C)C)O1. The first-order valence-electron chi connectivity index (χ1n) is 12.7. The smallest absolute Gasteiger partial charge is 0.335 e. The van der Waals surface area contributed by atoms with Crippen molar-refractivity contribution in [3.05, 3.63) is 22.1 Å². The van der Waals surface area contributed by atoms with Crippen LogP contribution in [0.2, 0.25) is 27.4 Å². The van der Waals surface area contributed by atoms with Crippen molar-refractivity contribution in [2.75, 3.05) is 12.3 Å². The highest BCUT2D eigenvalue weighted by molar-refractivity contribution is 6.84. The molecular weight excluding hydrogens is 532 g/mol. The van der Waals surface area contributed by atoms with Gasteiger partial charge in [0.15, 0.2) is 11.5 Å². The fourth-order valence-electron chi connectivity index (χ4n) is 5.65. The number of hydrogen-bond acceptors (Lipinski definition) is 9. The molecule has 4 rings (SSSR count). The summed E-state index contributed by atoms with van der Waals surface area (Å²) < 4.78 is 29.4. The monoisotopic (exact) mass is 568 g/mol. The van der Waals surface area contributed by atoms with E-state index in [1.807, 2.05) is 0 Å². The molecular formula is C22H37ClN8O4Si2. The molecule has 0 bridgehead atoms. The molecule has 0 aromatic carbocycles. The predicted octanol–water partition coefficient (Wildman–Crippen LogP) is 5.59. The van der Waals surface area contributed by atoms with Crippen molar-refractivity contribution < 1.29 is 17.7 Å². The summed E-state index contributed by atoms with van der Waals surface area (Å²) in [5.74, 6) is 0.154. The Morgan fingerprint density at radius 2 is 1.70 bits per heavy atom. The van der Waals surface area contributed by atoms with E-state index in [2.05, 4.69) is 80.4 Å². The summed E-state index contributed by atoms with van der Waals surface area (Å²) in [4.78, 5) is 15.8. The lowest BCUT2D eigenvalue weighted by molar-refractivity contribution is -0.0546. The van der Waals surface area contributed by atoms with Gasteiger partial charge in [-0.15, -0.1) is 0 Å². The first kappa shape index (κ1) is 28.2. The molecule has 0 spiro atoms. The van der Waals surface area contributed by atoms with Crippen LogP contribution in [0.3, 0.4) is 0 Å². The molecule has 2 aromatic heterocycles. The quantitative estimate of drug-likeness (QED) is 0.155. The maximum atomic E-state index is 9.55. The summed E-state index contributed by atoms with van der Waals surface area (Å²) in [7, 11) is -5.69. The van der Waals surface area contributed by atoms with E-state index in [0.29, 0.717) is 11.2 Å². The van der Waals surface area contributed by atoms with Crippen LogP contribution in [0.1, 0.15) is 61.6 Å². The number of imidazole rings is 1. The molecule has 2 saturated heterocycles. The first-order chi connectivity index (χ1) is 17.4. The zero-order chi connectivity index (χ0) is 27.3. The summed E-state index contributed by atoms with van der Waals surface area (Å²) in [6, 6.07) is -0.730. The molecule has 2 aliphatic rings. The number of nitrogens with two attached hydrogens (primary N) is 1. The van der Waals surface area contributed by atoms with Gasteiger partial charge in [0.1, 0.15) is 23.9 Å². The van der Waals surface area contributed by atoms with Crippen molar-refractivity contribution >= 4 is 45.7 Å². The Hall–Kier alpha value is -1.78. The van der Waals surface area contributed by atoms with Gasteiger partial charge in [-0.3, -0.25) is 4.57 Å². The fourth-order valence-corrected chi connectivity index (χ4v) is 17.0. The minimum atomic E-state index is -2.94. The highest BCUT2D eigenvalue weighted by Crippen LogP contribution is 2.49. The van der Waals surface area contributed by atoms with Crippen LogP contribution in [0, 0.1) is 0 Å². The van der Waals surface area contributed by atoms with Gasteiger partial charge in [-0.05, 0) is 39.3 Å². The lowest BCUT2D eigenvalue weighted by atomic mass is 10.1. The third-order valence-electron chi connectivity index (χ3n) is 7.52. The zero-order valence-electron chi connectivity index (χ0n) is 22.6. The van der Waals surface area contributed by atoms with E-state index < -0.39 is 41.6 Å². The van der Waals surface area contributed by atoms with Crippen molar-refractivity contribution in [1.29, 1.82) is 0 Å². The second-order valence-electron chi connectivity index (χ2n) is 11.0. The minimum absolute atomic E-state index is 0.0141. The number of rotatable bonds is 6. The molecule has 2 aliphatic heterocycles. The Balaban J connectivity index is 1.85. The molecule has 204 valence electrons. The Morgan fingerprint density at radius 1 is 1.08 bits per heavy atom. The second-order valence-corrected chi connectivity index (χ2v) is 20.2. The molecule has 4 atom stereocenters. The van der Waals surface area contributed by atoms with Gasteiger partial charge in [-0.2, -0.15) is 9.97 Å². The fraction of sp³-hybridized carbons (Fsp3) is 0.773. The maximum absolute atomic E-state index is 9.55. The highest BCUT2D eigenvalue weighted by Gasteiger charge is 2.61. The number of anilines is 1. The number of fused-ring (bicyclic) bond motifs is 2. The molecule has 2 fully saturated rings. The number of nitrogen functional groups attached to an aromatic ring is 1. The van der Waals surface area contributed by atoms with Gasteiger partial charge in [-0.25, -0.2) is 4.98 Å².